The summed E-state index contributed by atoms with van der Waals surface area (Å²) >= 11 is 0. The third-order valence-corrected chi connectivity index (χ3v) is 2.67. The smallest absolute Gasteiger partial charge is 0.321 e. The number of rotatable bonds is 7. The third kappa shape index (κ3) is 5.40. The molecule has 0 spiro atoms. The van der Waals surface area contributed by atoms with Crippen LogP contribution in [0.3, 0.4) is 0 Å². The summed E-state index contributed by atoms with van der Waals surface area (Å²) in [7, 11) is 0. The first-order valence-corrected chi connectivity index (χ1v) is 6.09. The maximum absolute atomic E-state index is 11.2. The molecule has 4 heteroatoms. The van der Waals surface area contributed by atoms with Crippen LogP contribution in [-0.2, 0) is 11.2 Å². The van der Waals surface area contributed by atoms with Gasteiger partial charge in [-0.05, 0) is 31.0 Å². The standard InChI is InChI=1S/C15H19NO3/c1-3-4-5-11(2)16-14(15(18)19)10-12-6-8-13(17)9-7-12/h3-9,11,14,16-17H,1,10H2,2H3,(H,18,19)/t11?,14-/m0/s1. The molecule has 0 fully saturated rings. The topological polar surface area (TPSA) is 69.6 Å². The summed E-state index contributed by atoms with van der Waals surface area (Å²) in [6.45, 7) is 5.45. The first kappa shape index (κ1) is 15.0. The van der Waals surface area contributed by atoms with Gasteiger partial charge in [-0.15, -0.1) is 0 Å². The second-order valence-corrected chi connectivity index (χ2v) is 4.34. The molecule has 4 nitrogen and oxygen atoms in total. The molecule has 1 aromatic carbocycles. The number of hydrogen-bond acceptors (Lipinski definition) is 3. The van der Waals surface area contributed by atoms with Gasteiger partial charge in [0, 0.05) is 6.04 Å². The molecule has 0 bridgehead atoms. The highest BCUT2D eigenvalue weighted by molar-refractivity contribution is 5.74. The molecule has 19 heavy (non-hydrogen) atoms. The Labute approximate surface area is 113 Å². The number of aromatic hydroxyl groups is 1. The predicted molar refractivity (Wildman–Crippen MR) is 75.2 cm³/mol. The highest BCUT2D eigenvalue weighted by Gasteiger charge is 2.18. The fourth-order valence-electron chi connectivity index (χ4n) is 1.70. The molecule has 0 radical (unpaired) electrons. The second kappa shape index (κ2) is 7.38. The van der Waals surface area contributed by atoms with Crippen LogP contribution in [0.25, 0.3) is 0 Å². The zero-order valence-electron chi connectivity index (χ0n) is 10.9. The minimum Gasteiger partial charge on any atom is -0.508 e. The number of carbonyl (C=O) groups is 1. The van der Waals surface area contributed by atoms with Crippen molar-refractivity contribution < 1.29 is 15.0 Å². The molecule has 0 saturated heterocycles. The van der Waals surface area contributed by atoms with Crippen molar-refractivity contribution in [1.82, 2.24) is 5.32 Å². The lowest BCUT2D eigenvalue weighted by Crippen LogP contribution is -2.42. The van der Waals surface area contributed by atoms with Crippen LogP contribution in [0.4, 0.5) is 0 Å². The first-order chi connectivity index (χ1) is 9.02. The van der Waals surface area contributed by atoms with Gasteiger partial charge in [-0.25, -0.2) is 0 Å². The van der Waals surface area contributed by atoms with E-state index in [0.29, 0.717) is 6.42 Å². The van der Waals surface area contributed by atoms with Gasteiger partial charge in [-0.3, -0.25) is 10.1 Å². The van der Waals surface area contributed by atoms with Gasteiger partial charge in [0.05, 0.1) is 0 Å². The van der Waals surface area contributed by atoms with E-state index in [1.54, 1.807) is 36.4 Å². The molecule has 0 aromatic heterocycles. The molecular formula is C15H19NO3. The summed E-state index contributed by atoms with van der Waals surface area (Å²) < 4.78 is 0. The SMILES string of the molecule is C=CC=CC(C)N[C@@H](Cc1ccc(O)cc1)C(=O)O. The van der Waals surface area contributed by atoms with Gasteiger partial charge < -0.3 is 10.2 Å². The van der Waals surface area contributed by atoms with Crippen molar-refractivity contribution >= 4 is 5.97 Å². The number of carboxylic acid groups (broad SMARTS) is 1. The maximum Gasteiger partial charge on any atom is 0.321 e. The lowest BCUT2D eigenvalue weighted by atomic mass is 10.0. The van der Waals surface area contributed by atoms with Crippen molar-refractivity contribution in [2.75, 3.05) is 0 Å². The summed E-state index contributed by atoms with van der Waals surface area (Å²) in [5.41, 5.74) is 0.859. The molecule has 2 atom stereocenters. The van der Waals surface area contributed by atoms with Crippen LogP contribution < -0.4 is 5.32 Å². The fourth-order valence-corrected chi connectivity index (χ4v) is 1.70. The Kier molecular flexibility index (Phi) is 5.82. The normalized spacial score (nSPS) is 14.2. The summed E-state index contributed by atoms with van der Waals surface area (Å²) in [6.07, 6.45) is 5.63. The van der Waals surface area contributed by atoms with Gasteiger partial charge in [0.15, 0.2) is 0 Å². The number of aliphatic carboxylic acids is 1. The van der Waals surface area contributed by atoms with Crippen molar-refractivity contribution in [2.24, 2.45) is 0 Å². The Balaban J connectivity index is 2.67. The van der Waals surface area contributed by atoms with E-state index in [2.05, 4.69) is 11.9 Å². The van der Waals surface area contributed by atoms with Crippen molar-refractivity contribution in [2.45, 2.75) is 25.4 Å². The molecular weight excluding hydrogens is 242 g/mol. The van der Waals surface area contributed by atoms with Crippen LogP contribution in [0, 0.1) is 0 Å². The number of nitrogens with one attached hydrogen (secondary N) is 1. The van der Waals surface area contributed by atoms with Crippen molar-refractivity contribution in [3.63, 3.8) is 0 Å². The number of carboxylic acids is 1. The zero-order chi connectivity index (χ0) is 14.3. The molecule has 1 unspecified atom stereocenters. The van der Waals surface area contributed by atoms with Gasteiger partial charge in [0.2, 0.25) is 0 Å². The Morgan fingerprint density at radius 1 is 1.42 bits per heavy atom. The summed E-state index contributed by atoms with van der Waals surface area (Å²) in [5.74, 6) is -0.724. The van der Waals surface area contributed by atoms with Crippen molar-refractivity contribution in [3.05, 3.63) is 54.6 Å². The van der Waals surface area contributed by atoms with Crippen LogP contribution >= 0.6 is 0 Å². The van der Waals surface area contributed by atoms with E-state index >= 15 is 0 Å². The van der Waals surface area contributed by atoms with Crippen molar-refractivity contribution in [3.8, 4) is 5.75 Å². The lowest BCUT2D eigenvalue weighted by Gasteiger charge is -2.18. The molecule has 0 aliphatic carbocycles. The predicted octanol–water partition coefficient (Wildman–Crippen LogP) is 2.11. The molecule has 0 aliphatic heterocycles. The van der Waals surface area contributed by atoms with E-state index in [1.165, 1.54) is 0 Å². The summed E-state index contributed by atoms with van der Waals surface area (Å²) in [5, 5.41) is 21.4. The number of hydrogen-bond donors (Lipinski definition) is 3. The van der Waals surface area contributed by atoms with E-state index in [1.807, 2.05) is 13.0 Å². The van der Waals surface area contributed by atoms with Crippen LogP contribution in [0.5, 0.6) is 5.75 Å². The number of phenols is 1. The molecule has 1 rings (SSSR count). The average Bonchev–Trinajstić information content (AvgIpc) is 2.38. The van der Waals surface area contributed by atoms with Crippen LogP contribution in [0.1, 0.15) is 12.5 Å². The van der Waals surface area contributed by atoms with Gasteiger partial charge in [0.25, 0.3) is 0 Å². The molecule has 0 heterocycles. The monoisotopic (exact) mass is 261 g/mol. The summed E-state index contributed by atoms with van der Waals surface area (Å²) in [4.78, 5) is 11.2. The highest BCUT2D eigenvalue weighted by Crippen LogP contribution is 2.11. The Hall–Kier alpha value is -2.07. The van der Waals surface area contributed by atoms with E-state index in [-0.39, 0.29) is 11.8 Å². The van der Waals surface area contributed by atoms with Crippen molar-refractivity contribution in [1.29, 1.82) is 0 Å². The molecule has 0 aliphatic rings. The van der Waals surface area contributed by atoms with Gasteiger partial charge in [-0.2, -0.15) is 0 Å². The molecule has 0 amide bonds. The van der Waals surface area contributed by atoms with E-state index in [9.17, 15) is 15.0 Å². The highest BCUT2D eigenvalue weighted by atomic mass is 16.4. The largest absolute Gasteiger partial charge is 0.508 e. The first-order valence-electron chi connectivity index (χ1n) is 6.09. The third-order valence-electron chi connectivity index (χ3n) is 2.67. The van der Waals surface area contributed by atoms with Crippen LogP contribution in [0.15, 0.2) is 49.1 Å². The Bertz CT molecular complexity index is 451. The molecule has 102 valence electrons. The minimum absolute atomic E-state index is 0.0591. The fraction of sp³-hybridized carbons (Fsp3) is 0.267. The van der Waals surface area contributed by atoms with E-state index < -0.39 is 12.0 Å². The Morgan fingerprint density at radius 3 is 2.58 bits per heavy atom. The number of benzene rings is 1. The summed E-state index contributed by atoms with van der Waals surface area (Å²) in [6, 6.07) is 5.81. The molecule has 1 aromatic rings. The Morgan fingerprint density at radius 2 is 2.05 bits per heavy atom. The van der Waals surface area contributed by atoms with E-state index in [0.717, 1.165) is 5.56 Å². The average molecular weight is 261 g/mol. The number of allylic oxidation sites excluding steroid dienone is 2. The van der Waals surface area contributed by atoms with Gasteiger partial charge in [0.1, 0.15) is 11.8 Å². The zero-order valence-corrected chi connectivity index (χ0v) is 10.9. The van der Waals surface area contributed by atoms with Gasteiger partial charge in [-0.1, -0.05) is 36.9 Å². The molecule has 0 saturated carbocycles. The van der Waals surface area contributed by atoms with E-state index in [4.69, 9.17) is 0 Å². The van der Waals surface area contributed by atoms with Gasteiger partial charge >= 0.3 is 5.97 Å². The quantitative estimate of drug-likeness (QED) is 0.657. The molecule has 3 N–H and O–H groups in total. The van der Waals surface area contributed by atoms with Crippen LogP contribution in [0.2, 0.25) is 0 Å². The second-order valence-electron chi connectivity index (χ2n) is 4.34. The lowest BCUT2D eigenvalue weighted by molar-refractivity contribution is -0.139. The van der Waals surface area contributed by atoms with Crippen LogP contribution in [-0.4, -0.2) is 28.3 Å². The minimum atomic E-state index is -0.896. The maximum atomic E-state index is 11.2. The number of phenolic OH excluding ortho intramolecular Hbond substituents is 1.